The van der Waals surface area contributed by atoms with Crippen LogP contribution in [0.25, 0.3) is 0 Å². The molecule has 0 saturated heterocycles. The zero-order valence-electron chi connectivity index (χ0n) is 10.9. The minimum absolute atomic E-state index is 0.541. The molecule has 0 aliphatic carbocycles. The molecular formula is C12H22N4S. The fourth-order valence-electron chi connectivity index (χ4n) is 1.31. The number of hydrogen-bond donors (Lipinski definition) is 2. The van der Waals surface area contributed by atoms with Crippen LogP contribution in [0.4, 0.5) is 0 Å². The van der Waals surface area contributed by atoms with E-state index < -0.39 is 0 Å². The van der Waals surface area contributed by atoms with Gasteiger partial charge in [-0.05, 0) is 19.3 Å². The fraction of sp³-hybridized carbons (Fsp3) is 0.667. The number of thiazole rings is 1. The number of nitrogens with two attached hydrogens (primary N) is 1. The lowest BCUT2D eigenvalue weighted by Gasteiger charge is -2.05. The van der Waals surface area contributed by atoms with E-state index in [9.17, 15) is 0 Å². The van der Waals surface area contributed by atoms with Crippen molar-refractivity contribution in [1.29, 1.82) is 0 Å². The second-order valence-electron chi connectivity index (χ2n) is 4.49. The Kier molecular flexibility index (Phi) is 5.97. The number of aliphatic imine (C=N–C) groups is 1. The molecule has 1 heterocycles. The van der Waals surface area contributed by atoms with Crippen molar-refractivity contribution in [3.8, 4) is 0 Å². The van der Waals surface area contributed by atoms with E-state index in [1.165, 1.54) is 4.88 Å². The second-order valence-corrected chi connectivity index (χ2v) is 5.81. The lowest BCUT2D eigenvalue weighted by atomic mass is 10.1. The maximum Gasteiger partial charge on any atom is 0.188 e. The highest BCUT2D eigenvalue weighted by Gasteiger charge is 1.99. The minimum atomic E-state index is 0.541. The fourth-order valence-corrected chi connectivity index (χ4v) is 2.10. The smallest absolute Gasteiger partial charge is 0.188 e. The molecular weight excluding hydrogens is 232 g/mol. The van der Waals surface area contributed by atoms with Crippen molar-refractivity contribution in [2.45, 2.75) is 33.6 Å². The van der Waals surface area contributed by atoms with Crippen LogP contribution in [0.3, 0.4) is 0 Å². The number of nitrogens with zero attached hydrogens (tertiary/aromatic N) is 2. The Morgan fingerprint density at radius 3 is 2.94 bits per heavy atom. The van der Waals surface area contributed by atoms with Crippen LogP contribution in [0.5, 0.6) is 0 Å². The molecule has 17 heavy (non-hydrogen) atoms. The van der Waals surface area contributed by atoms with E-state index in [-0.39, 0.29) is 0 Å². The van der Waals surface area contributed by atoms with Crippen molar-refractivity contribution in [3.63, 3.8) is 0 Å². The summed E-state index contributed by atoms with van der Waals surface area (Å²) in [6.45, 7) is 8.03. The summed E-state index contributed by atoms with van der Waals surface area (Å²) in [5.41, 5.74) is 5.75. The lowest BCUT2D eigenvalue weighted by Crippen LogP contribution is -2.33. The van der Waals surface area contributed by atoms with Gasteiger partial charge in [-0.25, -0.2) is 4.98 Å². The molecule has 1 rings (SSSR count). The number of nitrogens with one attached hydrogen (secondary N) is 1. The first kappa shape index (κ1) is 14.0. The molecule has 96 valence electrons. The molecule has 1 aromatic heterocycles. The van der Waals surface area contributed by atoms with Gasteiger partial charge < -0.3 is 11.1 Å². The summed E-state index contributed by atoms with van der Waals surface area (Å²) < 4.78 is 0. The summed E-state index contributed by atoms with van der Waals surface area (Å²) in [5.74, 6) is 1.21. The van der Waals surface area contributed by atoms with Gasteiger partial charge >= 0.3 is 0 Å². The summed E-state index contributed by atoms with van der Waals surface area (Å²) in [7, 11) is 0. The quantitative estimate of drug-likeness (QED) is 0.602. The molecule has 3 N–H and O–H groups in total. The van der Waals surface area contributed by atoms with Crippen molar-refractivity contribution in [2.75, 3.05) is 13.1 Å². The van der Waals surface area contributed by atoms with Crippen LogP contribution in [0.1, 0.15) is 30.2 Å². The van der Waals surface area contributed by atoms with Gasteiger partial charge in [0.25, 0.3) is 0 Å². The predicted molar refractivity (Wildman–Crippen MR) is 74.5 cm³/mol. The summed E-state index contributed by atoms with van der Waals surface area (Å²) in [4.78, 5) is 9.81. The van der Waals surface area contributed by atoms with E-state index in [0.717, 1.165) is 30.9 Å². The first-order valence-electron chi connectivity index (χ1n) is 6.03. The SMILES string of the molecule is Cc1cnc(CCNC(N)=NCCC(C)C)s1. The van der Waals surface area contributed by atoms with Crippen LogP contribution >= 0.6 is 11.3 Å². The predicted octanol–water partition coefficient (Wildman–Crippen LogP) is 1.94. The van der Waals surface area contributed by atoms with Gasteiger partial charge in [0.15, 0.2) is 5.96 Å². The van der Waals surface area contributed by atoms with Crippen molar-refractivity contribution in [3.05, 3.63) is 16.1 Å². The van der Waals surface area contributed by atoms with Gasteiger partial charge in [-0.15, -0.1) is 11.3 Å². The van der Waals surface area contributed by atoms with E-state index >= 15 is 0 Å². The highest BCUT2D eigenvalue weighted by Crippen LogP contribution is 2.10. The van der Waals surface area contributed by atoms with Crippen molar-refractivity contribution < 1.29 is 0 Å². The van der Waals surface area contributed by atoms with Crippen LogP contribution in [0.15, 0.2) is 11.2 Å². The molecule has 0 radical (unpaired) electrons. The number of guanidine groups is 1. The van der Waals surface area contributed by atoms with Gasteiger partial charge in [0.05, 0.1) is 5.01 Å². The summed E-state index contributed by atoms with van der Waals surface area (Å²) >= 11 is 1.73. The third-order valence-corrected chi connectivity index (χ3v) is 3.28. The maximum atomic E-state index is 5.75. The highest BCUT2D eigenvalue weighted by atomic mass is 32.1. The van der Waals surface area contributed by atoms with Gasteiger partial charge in [-0.3, -0.25) is 4.99 Å². The normalized spacial score (nSPS) is 12.1. The first-order valence-corrected chi connectivity index (χ1v) is 6.84. The largest absolute Gasteiger partial charge is 0.370 e. The maximum absolute atomic E-state index is 5.75. The third kappa shape index (κ3) is 6.26. The molecule has 1 aromatic rings. The Balaban J connectivity index is 2.17. The standard InChI is InChI=1S/C12H22N4S/c1-9(2)4-6-14-12(13)15-7-5-11-16-8-10(3)17-11/h8-9H,4-7H2,1-3H3,(H3,13,14,15). The zero-order valence-corrected chi connectivity index (χ0v) is 11.7. The first-order chi connectivity index (χ1) is 8.08. The summed E-state index contributed by atoms with van der Waals surface area (Å²) in [6.07, 6.45) is 3.88. The van der Waals surface area contributed by atoms with Crippen LogP contribution in [-0.2, 0) is 6.42 Å². The van der Waals surface area contributed by atoms with Gasteiger partial charge in [0.2, 0.25) is 0 Å². The number of aryl methyl sites for hydroxylation is 1. The average molecular weight is 254 g/mol. The average Bonchev–Trinajstić information content (AvgIpc) is 2.63. The Hall–Kier alpha value is -1.10. The minimum Gasteiger partial charge on any atom is -0.370 e. The van der Waals surface area contributed by atoms with Crippen molar-refractivity contribution in [1.82, 2.24) is 10.3 Å². The Morgan fingerprint density at radius 2 is 2.35 bits per heavy atom. The monoisotopic (exact) mass is 254 g/mol. The highest BCUT2D eigenvalue weighted by molar-refractivity contribution is 7.11. The van der Waals surface area contributed by atoms with Crippen LogP contribution in [0.2, 0.25) is 0 Å². The number of rotatable bonds is 6. The molecule has 0 unspecified atom stereocenters. The Labute approximate surface area is 107 Å². The van der Waals surface area contributed by atoms with Gasteiger partial charge in [-0.1, -0.05) is 13.8 Å². The molecule has 0 bridgehead atoms. The number of hydrogen-bond acceptors (Lipinski definition) is 3. The molecule has 4 nitrogen and oxygen atoms in total. The molecule has 0 saturated carbocycles. The van der Waals surface area contributed by atoms with E-state index in [4.69, 9.17) is 5.73 Å². The summed E-state index contributed by atoms with van der Waals surface area (Å²) in [5, 5.41) is 4.25. The molecule has 0 aliphatic heterocycles. The molecule has 5 heteroatoms. The molecule has 0 spiro atoms. The van der Waals surface area contributed by atoms with Crippen molar-refractivity contribution in [2.24, 2.45) is 16.6 Å². The molecule has 0 fully saturated rings. The van der Waals surface area contributed by atoms with Crippen molar-refractivity contribution >= 4 is 17.3 Å². The van der Waals surface area contributed by atoms with Gasteiger partial charge in [0.1, 0.15) is 0 Å². The molecule has 0 aliphatic rings. The van der Waals surface area contributed by atoms with Gasteiger partial charge in [0, 0.05) is 30.6 Å². The van der Waals surface area contributed by atoms with E-state index in [0.29, 0.717) is 11.9 Å². The molecule has 0 atom stereocenters. The van der Waals surface area contributed by atoms with Gasteiger partial charge in [-0.2, -0.15) is 0 Å². The topological polar surface area (TPSA) is 63.3 Å². The lowest BCUT2D eigenvalue weighted by molar-refractivity contribution is 0.595. The second kappa shape index (κ2) is 7.27. The van der Waals surface area contributed by atoms with Crippen LogP contribution < -0.4 is 11.1 Å². The van der Waals surface area contributed by atoms with E-state index in [1.807, 2.05) is 6.20 Å². The van der Waals surface area contributed by atoms with E-state index in [2.05, 4.69) is 36.1 Å². The van der Waals surface area contributed by atoms with Crippen LogP contribution in [0, 0.1) is 12.8 Å². The Morgan fingerprint density at radius 1 is 1.59 bits per heavy atom. The zero-order chi connectivity index (χ0) is 12.7. The molecule has 0 aromatic carbocycles. The summed E-state index contributed by atoms with van der Waals surface area (Å²) in [6, 6.07) is 0. The third-order valence-electron chi connectivity index (χ3n) is 2.30. The Bertz CT molecular complexity index is 357. The van der Waals surface area contributed by atoms with Crippen LogP contribution in [-0.4, -0.2) is 24.0 Å². The van der Waals surface area contributed by atoms with E-state index in [1.54, 1.807) is 11.3 Å². The molecule has 0 amide bonds. The number of aromatic nitrogens is 1.